The van der Waals surface area contributed by atoms with E-state index in [0.29, 0.717) is 5.56 Å². The summed E-state index contributed by atoms with van der Waals surface area (Å²) in [7, 11) is 0. The van der Waals surface area contributed by atoms with Gasteiger partial charge >= 0.3 is 0 Å². The minimum Gasteiger partial charge on any atom is -0.300 e. The summed E-state index contributed by atoms with van der Waals surface area (Å²) < 4.78 is 1.03. The van der Waals surface area contributed by atoms with Crippen molar-refractivity contribution in [2.75, 3.05) is 0 Å². The van der Waals surface area contributed by atoms with Crippen LogP contribution in [0.1, 0.15) is 16.7 Å². The first-order chi connectivity index (χ1) is 12.1. The van der Waals surface area contributed by atoms with Gasteiger partial charge in [0.1, 0.15) is 6.07 Å². The molecule has 0 saturated heterocycles. The molecule has 0 amide bonds. The standard InChI is InChI=1S/C20H13BrN4/c21-18-4-1-14(2-5-18)16-9-20(23,25-12-16)17-3-6-19-15(8-17)7-13(10-22)11-24-19/h1-9,11-12H,23H2. The molecule has 4 rings (SSSR count). The molecular weight excluding hydrogens is 376 g/mol. The lowest BCUT2D eigenvalue weighted by Crippen LogP contribution is -2.30. The number of rotatable bonds is 2. The Morgan fingerprint density at radius 2 is 1.88 bits per heavy atom. The highest BCUT2D eigenvalue weighted by Crippen LogP contribution is 2.32. The molecular formula is C20H13BrN4. The Morgan fingerprint density at radius 1 is 1.08 bits per heavy atom. The molecule has 1 unspecified atom stereocenters. The molecule has 1 aliphatic heterocycles. The molecule has 1 aromatic heterocycles. The van der Waals surface area contributed by atoms with Crippen molar-refractivity contribution < 1.29 is 0 Å². The molecule has 0 saturated carbocycles. The predicted molar refractivity (Wildman–Crippen MR) is 103 cm³/mol. The van der Waals surface area contributed by atoms with Crippen molar-refractivity contribution in [2.45, 2.75) is 5.66 Å². The minimum atomic E-state index is -0.917. The summed E-state index contributed by atoms with van der Waals surface area (Å²) in [6.07, 6.45) is 5.33. The smallest absolute Gasteiger partial charge is 0.153 e. The van der Waals surface area contributed by atoms with Gasteiger partial charge in [-0.25, -0.2) is 0 Å². The van der Waals surface area contributed by atoms with E-state index < -0.39 is 5.66 Å². The molecule has 0 fully saturated rings. The van der Waals surface area contributed by atoms with Crippen LogP contribution in [0.5, 0.6) is 0 Å². The number of benzene rings is 2. The van der Waals surface area contributed by atoms with Crippen LogP contribution in [-0.4, -0.2) is 11.2 Å². The number of fused-ring (bicyclic) bond motifs is 1. The molecule has 2 heterocycles. The van der Waals surface area contributed by atoms with Crippen molar-refractivity contribution in [1.82, 2.24) is 4.98 Å². The second-order valence-corrected chi connectivity index (χ2v) is 6.85. The second kappa shape index (κ2) is 5.92. The summed E-state index contributed by atoms with van der Waals surface area (Å²) >= 11 is 3.44. The van der Waals surface area contributed by atoms with Crippen molar-refractivity contribution in [3.63, 3.8) is 0 Å². The highest BCUT2D eigenvalue weighted by atomic mass is 79.9. The number of halogens is 1. The maximum atomic E-state index is 9.06. The minimum absolute atomic E-state index is 0.525. The molecule has 0 aliphatic carbocycles. The van der Waals surface area contributed by atoms with Crippen molar-refractivity contribution >= 4 is 38.6 Å². The molecule has 25 heavy (non-hydrogen) atoms. The fourth-order valence-corrected chi connectivity index (χ4v) is 3.15. The SMILES string of the molecule is N#Cc1cnc2ccc(C3(N)C=C(c4ccc(Br)cc4)C=N3)cc2c1. The number of allylic oxidation sites excluding steroid dienone is 1. The number of nitrogens with zero attached hydrogens (tertiary/aromatic N) is 3. The monoisotopic (exact) mass is 388 g/mol. The number of nitrogens with two attached hydrogens (primary N) is 1. The molecule has 1 aliphatic rings. The molecule has 4 nitrogen and oxygen atoms in total. The lowest BCUT2D eigenvalue weighted by Gasteiger charge is -2.19. The van der Waals surface area contributed by atoms with Gasteiger partial charge in [-0.3, -0.25) is 9.98 Å². The van der Waals surface area contributed by atoms with Crippen LogP contribution in [0.4, 0.5) is 0 Å². The first-order valence-electron chi connectivity index (χ1n) is 7.71. The quantitative estimate of drug-likeness (QED) is 0.716. The molecule has 120 valence electrons. The number of hydrogen-bond donors (Lipinski definition) is 1. The van der Waals surface area contributed by atoms with Crippen LogP contribution in [0, 0.1) is 11.3 Å². The van der Waals surface area contributed by atoms with Crippen LogP contribution in [0.2, 0.25) is 0 Å². The Kier molecular flexibility index (Phi) is 3.72. The fourth-order valence-electron chi connectivity index (χ4n) is 2.89. The Morgan fingerprint density at radius 3 is 2.64 bits per heavy atom. The predicted octanol–water partition coefficient (Wildman–Crippen LogP) is 4.15. The first kappa shape index (κ1) is 15.7. The average Bonchev–Trinajstić information content (AvgIpc) is 3.05. The van der Waals surface area contributed by atoms with E-state index in [9.17, 15) is 0 Å². The summed E-state index contributed by atoms with van der Waals surface area (Å²) in [5.41, 5.74) is 9.87. The van der Waals surface area contributed by atoms with E-state index in [1.54, 1.807) is 12.4 Å². The van der Waals surface area contributed by atoms with Crippen molar-refractivity contribution in [3.8, 4) is 6.07 Å². The van der Waals surface area contributed by atoms with Gasteiger partial charge in [0.15, 0.2) is 5.66 Å². The van der Waals surface area contributed by atoms with E-state index >= 15 is 0 Å². The van der Waals surface area contributed by atoms with Gasteiger partial charge in [-0.2, -0.15) is 5.26 Å². The summed E-state index contributed by atoms with van der Waals surface area (Å²) in [5.74, 6) is 0. The van der Waals surface area contributed by atoms with E-state index in [-0.39, 0.29) is 0 Å². The van der Waals surface area contributed by atoms with Crippen LogP contribution < -0.4 is 5.73 Å². The van der Waals surface area contributed by atoms with Crippen LogP contribution in [-0.2, 0) is 5.66 Å². The molecule has 1 atom stereocenters. The summed E-state index contributed by atoms with van der Waals surface area (Å²) in [6.45, 7) is 0. The number of aromatic nitrogens is 1. The zero-order chi connectivity index (χ0) is 17.4. The highest BCUT2D eigenvalue weighted by Gasteiger charge is 2.28. The van der Waals surface area contributed by atoms with E-state index in [1.165, 1.54) is 0 Å². The molecule has 0 spiro atoms. The van der Waals surface area contributed by atoms with Crippen LogP contribution in [0.3, 0.4) is 0 Å². The maximum absolute atomic E-state index is 9.06. The number of pyridine rings is 1. The average molecular weight is 389 g/mol. The van der Waals surface area contributed by atoms with Crippen LogP contribution in [0.15, 0.2) is 70.3 Å². The Labute approximate surface area is 153 Å². The molecule has 0 radical (unpaired) electrons. The summed E-state index contributed by atoms with van der Waals surface area (Å²) in [6, 6.07) is 17.7. The Bertz CT molecular complexity index is 1080. The zero-order valence-corrected chi connectivity index (χ0v) is 14.7. The first-order valence-corrected chi connectivity index (χ1v) is 8.50. The zero-order valence-electron chi connectivity index (χ0n) is 13.1. The summed E-state index contributed by atoms with van der Waals surface area (Å²) in [4.78, 5) is 8.82. The Hall–Kier alpha value is -2.81. The molecule has 2 aromatic carbocycles. The van der Waals surface area contributed by atoms with Gasteiger partial charge in [-0.1, -0.05) is 34.1 Å². The van der Waals surface area contributed by atoms with Gasteiger partial charge in [0, 0.05) is 22.3 Å². The molecule has 3 aromatic rings. The summed E-state index contributed by atoms with van der Waals surface area (Å²) in [5, 5.41) is 9.93. The van der Waals surface area contributed by atoms with Crippen LogP contribution >= 0.6 is 15.9 Å². The lowest BCUT2D eigenvalue weighted by atomic mass is 9.96. The third-order valence-corrected chi connectivity index (χ3v) is 4.77. The molecule has 0 bridgehead atoms. The van der Waals surface area contributed by atoms with E-state index in [2.05, 4.69) is 32.0 Å². The third kappa shape index (κ3) is 2.86. The topological polar surface area (TPSA) is 75.1 Å². The van der Waals surface area contributed by atoms with E-state index in [4.69, 9.17) is 11.0 Å². The van der Waals surface area contributed by atoms with Gasteiger partial charge in [-0.05, 0) is 53.1 Å². The third-order valence-electron chi connectivity index (χ3n) is 4.24. The second-order valence-electron chi connectivity index (χ2n) is 5.93. The maximum Gasteiger partial charge on any atom is 0.153 e. The van der Waals surface area contributed by atoms with Crippen molar-refractivity contribution in [1.29, 1.82) is 5.26 Å². The van der Waals surface area contributed by atoms with Gasteiger partial charge in [-0.15, -0.1) is 0 Å². The lowest BCUT2D eigenvalue weighted by molar-refractivity contribution is 0.611. The van der Waals surface area contributed by atoms with Crippen molar-refractivity contribution in [3.05, 3.63) is 82.0 Å². The van der Waals surface area contributed by atoms with Gasteiger partial charge < -0.3 is 5.73 Å². The number of aliphatic imine (C=N–C) groups is 1. The molecule has 5 heteroatoms. The van der Waals surface area contributed by atoms with Gasteiger partial charge in [0.05, 0.1) is 11.1 Å². The highest BCUT2D eigenvalue weighted by molar-refractivity contribution is 9.10. The van der Waals surface area contributed by atoms with E-state index in [1.807, 2.05) is 54.6 Å². The number of hydrogen-bond acceptors (Lipinski definition) is 4. The van der Waals surface area contributed by atoms with Gasteiger partial charge in [0.25, 0.3) is 0 Å². The van der Waals surface area contributed by atoms with Crippen LogP contribution in [0.25, 0.3) is 16.5 Å². The Balaban J connectivity index is 1.76. The van der Waals surface area contributed by atoms with Crippen molar-refractivity contribution in [2.24, 2.45) is 10.7 Å². The number of nitriles is 1. The largest absolute Gasteiger partial charge is 0.300 e. The fraction of sp³-hybridized carbons (Fsp3) is 0.0500. The van der Waals surface area contributed by atoms with Gasteiger partial charge in [0.2, 0.25) is 0 Å². The van der Waals surface area contributed by atoms with E-state index in [0.717, 1.165) is 32.1 Å². The molecule has 2 N–H and O–H groups in total. The normalized spacial score (nSPS) is 19.0.